The molecule has 3 nitrogen and oxygen atoms in total. The molecule has 0 saturated heterocycles. The first kappa shape index (κ1) is 13.6. The molecular weight excluding hydrogens is 267 g/mol. The van der Waals surface area contributed by atoms with Crippen molar-refractivity contribution in [1.82, 2.24) is 0 Å². The molecular formula is C17H17FN2O. The summed E-state index contributed by atoms with van der Waals surface area (Å²) in [5, 5.41) is 2.75. The monoisotopic (exact) mass is 284 g/mol. The van der Waals surface area contributed by atoms with Gasteiger partial charge in [0.05, 0.1) is 6.54 Å². The van der Waals surface area contributed by atoms with Crippen molar-refractivity contribution >= 4 is 17.3 Å². The molecule has 0 saturated carbocycles. The number of aryl methyl sites for hydroxylation is 1. The molecule has 2 aromatic rings. The SMILES string of the molecule is Cc1ccc(NC(=O)CN2CCc3ccccc32)cc1F. The highest BCUT2D eigenvalue weighted by atomic mass is 19.1. The van der Waals surface area contributed by atoms with Crippen LogP contribution < -0.4 is 10.2 Å². The quantitative estimate of drug-likeness (QED) is 0.939. The molecule has 21 heavy (non-hydrogen) atoms. The number of nitrogens with zero attached hydrogens (tertiary/aromatic N) is 1. The van der Waals surface area contributed by atoms with Crippen molar-refractivity contribution in [2.45, 2.75) is 13.3 Å². The average molecular weight is 284 g/mol. The van der Waals surface area contributed by atoms with Gasteiger partial charge in [-0.25, -0.2) is 4.39 Å². The summed E-state index contributed by atoms with van der Waals surface area (Å²) in [6.07, 6.45) is 0.961. The van der Waals surface area contributed by atoms with E-state index in [2.05, 4.69) is 16.3 Å². The van der Waals surface area contributed by atoms with Crippen LogP contribution in [0.25, 0.3) is 0 Å². The van der Waals surface area contributed by atoms with E-state index in [0.29, 0.717) is 11.3 Å². The van der Waals surface area contributed by atoms with Gasteiger partial charge < -0.3 is 10.2 Å². The van der Waals surface area contributed by atoms with Gasteiger partial charge in [0.1, 0.15) is 5.82 Å². The molecule has 1 heterocycles. The van der Waals surface area contributed by atoms with Crippen molar-refractivity contribution < 1.29 is 9.18 Å². The molecule has 0 bridgehead atoms. The summed E-state index contributed by atoms with van der Waals surface area (Å²) in [5.41, 5.74) is 3.45. The highest BCUT2D eigenvalue weighted by Crippen LogP contribution is 2.27. The van der Waals surface area contributed by atoms with Crippen LogP contribution in [-0.4, -0.2) is 19.0 Å². The van der Waals surface area contributed by atoms with Crippen LogP contribution in [0.3, 0.4) is 0 Å². The van der Waals surface area contributed by atoms with Crippen LogP contribution in [0.15, 0.2) is 42.5 Å². The van der Waals surface area contributed by atoms with Gasteiger partial charge in [0.15, 0.2) is 0 Å². The zero-order chi connectivity index (χ0) is 14.8. The third-order valence-corrected chi connectivity index (χ3v) is 3.77. The number of rotatable bonds is 3. The first-order valence-corrected chi connectivity index (χ1v) is 7.02. The number of halogens is 1. The van der Waals surface area contributed by atoms with Gasteiger partial charge in [0.25, 0.3) is 0 Å². The fourth-order valence-corrected chi connectivity index (χ4v) is 2.62. The molecule has 0 radical (unpaired) electrons. The fraction of sp³-hybridized carbons (Fsp3) is 0.235. The number of benzene rings is 2. The Bertz CT molecular complexity index is 684. The molecule has 0 spiro atoms. The van der Waals surface area contributed by atoms with Gasteiger partial charge in [0.2, 0.25) is 5.91 Å². The number of hydrogen-bond acceptors (Lipinski definition) is 2. The van der Waals surface area contributed by atoms with Crippen molar-refractivity contribution in [3.63, 3.8) is 0 Å². The summed E-state index contributed by atoms with van der Waals surface area (Å²) in [6.45, 7) is 2.82. The van der Waals surface area contributed by atoms with Crippen molar-refractivity contribution in [3.05, 3.63) is 59.4 Å². The van der Waals surface area contributed by atoms with E-state index in [1.807, 2.05) is 18.2 Å². The molecule has 0 atom stereocenters. The lowest BCUT2D eigenvalue weighted by Gasteiger charge is -2.18. The van der Waals surface area contributed by atoms with E-state index in [9.17, 15) is 9.18 Å². The second-order valence-corrected chi connectivity index (χ2v) is 5.31. The van der Waals surface area contributed by atoms with Crippen LogP contribution in [-0.2, 0) is 11.2 Å². The summed E-state index contributed by atoms with van der Waals surface area (Å²) in [6, 6.07) is 12.8. The largest absolute Gasteiger partial charge is 0.362 e. The van der Waals surface area contributed by atoms with E-state index in [1.54, 1.807) is 19.1 Å². The van der Waals surface area contributed by atoms with E-state index >= 15 is 0 Å². The van der Waals surface area contributed by atoms with Crippen LogP contribution in [0.4, 0.5) is 15.8 Å². The summed E-state index contributed by atoms with van der Waals surface area (Å²) in [5.74, 6) is -0.436. The molecule has 4 heteroatoms. The zero-order valence-electron chi connectivity index (χ0n) is 11.9. The Balaban J connectivity index is 1.66. The first-order chi connectivity index (χ1) is 10.1. The molecule has 0 fully saturated rings. The van der Waals surface area contributed by atoms with Crippen molar-refractivity contribution in [1.29, 1.82) is 0 Å². The van der Waals surface area contributed by atoms with E-state index in [1.165, 1.54) is 11.6 Å². The topological polar surface area (TPSA) is 32.3 Å². The number of hydrogen-bond donors (Lipinski definition) is 1. The smallest absolute Gasteiger partial charge is 0.243 e. The second kappa shape index (κ2) is 5.56. The average Bonchev–Trinajstić information content (AvgIpc) is 2.86. The lowest BCUT2D eigenvalue weighted by atomic mass is 10.2. The van der Waals surface area contributed by atoms with Crippen LogP contribution in [0.1, 0.15) is 11.1 Å². The number of fused-ring (bicyclic) bond motifs is 1. The molecule has 1 aliphatic rings. The Kier molecular flexibility index (Phi) is 3.60. The Hall–Kier alpha value is -2.36. The molecule has 1 amide bonds. The lowest BCUT2D eigenvalue weighted by molar-refractivity contribution is -0.115. The van der Waals surface area contributed by atoms with E-state index in [4.69, 9.17) is 0 Å². The zero-order valence-corrected chi connectivity index (χ0v) is 11.9. The lowest BCUT2D eigenvalue weighted by Crippen LogP contribution is -2.31. The van der Waals surface area contributed by atoms with Crippen molar-refractivity contribution in [2.24, 2.45) is 0 Å². The molecule has 0 aromatic heterocycles. The minimum Gasteiger partial charge on any atom is -0.362 e. The molecule has 0 unspecified atom stereocenters. The van der Waals surface area contributed by atoms with Gasteiger partial charge in [-0.05, 0) is 42.7 Å². The van der Waals surface area contributed by atoms with Crippen molar-refractivity contribution in [3.8, 4) is 0 Å². The number of anilines is 2. The van der Waals surface area contributed by atoms with Gasteiger partial charge in [-0.15, -0.1) is 0 Å². The summed E-state index contributed by atoms with van der Waals surface area (Å²) in [4.78, 5) is 14.2. The Morgan fingerprint density at radius 2 is 2.10 bits per heavy atom. The maximum Gasteiger partial charge on any atom is 0.243 e. The summed E-state index contributed by atoms with van der Waals surface area (Å²) >= 11 is 0. The van der Waals surface area contributed by atoms with Gasteiger partial charge in [-0.3, -0.25) is 4.79 Å². The minimum atomic E-state index is -0.306. The summed E-state index contributed by atoms with van der Waals surface area (Å²) in [7, 11) is 0. The van der Waals surface area contributed by atoms with Gasteiger partial charge in [-0.1, -0.05) is 24.3 Å². The predicted octanol–water partition coefficient (Wildman–Crippen LogP) is 3.14. The predicted molar refractivity (Wildman–Crippen MR) is 82.1 cm³/mol. The van der Waals surface area contributed by atoms with Crippen LogP contribution in [0.2, 0.25) is 0 Å². The van der Waals surface area contributed by atoms with Gasteiger partial charge >= 0.3 is 0 Å². The number of para-hydroxylation sites is 1. The van der Waals surface area contributed by atoms with Crippen LogP contribution >= 0.6 is 0 Å². The van der Waals surface area contributed by atoms with Crippen molar-refractivity contribution in [2.75, 3.05) is 23.3 Å². The van der Waals surface area contributed by atoms with Crippen LogP contribution in [0.5, 0.6) is 0 Å². The van der Waals surface area contributed by atoms with E-state index < -0.39 is 0 Å². The van der Waals surface area contributed by atoms with Crippen LogP contribution in [0, 0.1) is 12.7 Å². The molecule has 0 aliphatic carbocycles. The normalized spacial score (nSPS) is 13.1. The summed E-state index contributed by atoms with van der Waals surface area (Å²) < 4.78 is 13.5. The van der Waals surface area contributed by atoms with E-state index in [-0.39, 0.29) is 18.3 Å². The molecule has 108 valence electrons. The Labute approximate surface area is 123 Å². The van der Waals surface area contributed by atoms with Gasteiger partial charge in [-0.2, -0.15) is 0 Å². The number of carbonyl (C=O) groups is 1. The third-order valence-electron chi connectivity index (χ3n) is 3.77. The highest BCUT2D eigenvalue weighted by molar-refractivity contribution is 5.94. The molecule has 3 rings (SSSR count). The molecule has 1 aliphatic heterocycles. The maximum absolute atomic E-state index is 13.5. The number of amides is 1. The third kappa shape index (κ3) is 2.89. The van der Waals surface area contributed by atoms with E-state index in [0.717, 1.165) is 18.7 Å². The first-order valence-electron chi connectivity index (χ1n) is 7.02. The Morgan fingerprint density at radius 1 is 1.29 bits per heavy atom. The second-order valence-electron chi connectivity index (χ2n) is 5.31. The minimum absolute atomic E-state index is 0.130. The molecule has 2 aromatic carbocycles. The number of carbonyl (C=O) groups excluding carboxylic acids is 1. The Morgan fingerprint density at radius 3 is 2.90 bits per heavy atom. The fourth-order valence-electron chi connectivity index (χ4n) is 2.62. The van der Waals surface area contributed by atoms with Gasteiger partial charge in [0, 0.05) is 17.9 Å². The standard InChI is InChI=1S/C17H17FN2O/c1-12-6-7-14(10-15(12)18)19-17(21)11-20-9-8-13-4-2-3-5-16(13)20/h2-7,10H,8-9,11H2,1H3,(H,19,21). The maximum atomic E-state index is 13.5. The number of nitrogens with one attached hydrogen (secondary N) is 1. The highest BCUT2D eigenvalue weighted by Gasteiger charge is 2.20. The molecule has 1 N–H and O–H groups in total.